The second kappa shape index (κ2) is 14.2. The molecule has 9 heteroatoms. The van der Waals surface area contributed by atoms with E-state index in [-0.39, 0.29) is 36.5 Å². The van der Waals surface area contributed by atoms with E-state index in [1.165, 1.54) is 13.1 Å². The van der Waals surface area contributed by atoms with Gasteiger partial charge >= 0.3 is 6.18 Å². The lowest BCUT2D eigenvalue weighted by atomic mass is 9.92. The molecule has 43 heavy (non-hydrogen) atoms. The highest BCUT2D eigenvalue weighted by molar-refractivity contribution is 5.83. The fraction of sp³-hybridized carbons (Fsp3) is 0.441. The average Bonchev–Trinajstić information content (AvgIpc) is 2.89. The van der Waals surface area contributed by atoms with Crippen molar-refractivity contribution in [3.8, 4) is 11.1 Å². The molecule has 0 bridgehead atoms. The number of halogens is 3. The molecule has 0 saturated heterocycles. The second-order valence-electron chi connectivity index (χ2n) is 12.0. The van der Waals surface area contributed by atoms with Gasteiger partial charge in [-0.05, 0) is 93.1 Å². The van der Waals surface area contributed by atoms with Crippen molar-refractivity contribution in [2.24, 2.45) is 5.92 Å². The van der Waals surface area contributed by atoms with Crippen molar-refractivity contribution in [1.29, 1.82) is 0 Å². The lowest BCUT2D eigenvalue weighted by Crippen LogP contribution is -2.40. The van der Waals surface area contributed by atoms with Gasteiger partial charge in [-0.2, -0.15) is 13.2 Å². The van der Waals surface area contributed by atoms with Gasteiger partial charge in [0, 0.05) is 25.2 Å². The Morgan fingerprint density at radius 1 is 1.00 bits per heavy atom. The molecule has 0 aliphatic rings. The van der Waals surface area contributed by atoms with Crippen LogP contribution in [0, 0.1) is 19.8 Å². The lowest BCUT2D eigenvalue weighted by molar-refractivity contribution is -0.138. The van der Waals surface area contributed by atoms with Crippen LogP contribution in [0.3, 0.4) is 0 Å². The summed E-state index contributed by atoms with van der Waals surface area (Å²) in [5, 5.41) is 2.97. The van der Waals surface area contributed by atoms with E-state index in [2.05, 4.69) is 5.32 Å². The number of nitrogens with one attached hydrogen (secondary N) is 1. The average molecular weight is 598 g/mol. The van der Waals surface area contributed by atoms with Crippen LogP contribution >= 0.6 is 0 Å². The summed E-state index contributed by atoms with van der Waals surface area (Å²) in [5.74, 6) is -0.715. The molecule has 1 heterocycles. The van der Waals surface area contributed by atoms with Crippen LogP contribution in [-0.4, -0.2) is 41.8 Å². The molecule has 0 aliphatic heterocycles. The molecule has 3 rings (SSSR count). The van der Waals surface area contributed by atoms with E-state index in [1.807, 2.05) is 70.2 Å². The van der Waals surface area contributed by atoms with E-state index in [0.717, 1.165) is 32.4 Å². The summed E-state index contributed by atoms with van der Waals surface area (Å²) in [5.41, 5.74) is 2.97. The summed E-state index contributed by atoms with van der Waals surface area (Å²) in [4.78, 5) is 41.1. The van der Waals surface area contributed by atoms with E-state index in [0.29, 0.717) is 12.6 Å². The van der Waals surface area contributed by atoms with Gasteiger partial charge in [0.1, 0.15) is 11.8 Å². The number of amides is 1. The monoisotopic (exact) mass is 597 g/mol. The first kappa shape index (κ1) is 33.8. The first-order valence-corrected chi connectivity index (χ1v) is 14.5. The lowest BCUT2D eigenvalue weighted by Gasteiger charge is -2.26. The molecule has 0 saturated carbocycles. The maximum absolute atomic E-state index is 13.9. The number of aromatic nitrogens is 1. The number of rotatable bonds is 12. The maximum atomic E-state index is 13.9. The van der Waals surface area contributed by atoms with E-state index >= 15 is 0 Å². The van der Waals surface area contributed by atoms with Crippen LogP contribution in [0.4, 0.5) is 13.2 Å². The minimum Gasteiger partial charge on any atom is -0.347 e. The Morgan fingerprint density at radius 3 is 2.19 bits per heavy atom. The third-order valence-corrected chi connectivity index (χ3v) is 7.50. The highest BCUT2D eigenvalue weighted by atomic mass is 19.4. The van der Waals surface area contributed by atoms with Gasteiger partial charge < -0.3 is 14.8 Å². The number of alkyl halides is 3. The molecular weight excluding hydrogens is 555 g/mol. The van der Waals surface area contributed by atoms with Gasteiger partial charge in [0.2, 0.25) is 5.91 Å². The van der Waals surface area contributed by atoms with Gasteiger partial charge in [-0.1, -0.05) is 50.2 Å². The molecule has 1 aromatic heterocycles. The molecular formula is C34H42F3N3O3. The Hall–Kier alpha value is -3.72. The molecule has 6 nitrogen and oxygen atoms in total. The standard InChI is InChI=1S/C34H42F3N3O3/c1-21(2)16-30(40-20-27(14-15-39(6)7)28(19-31(40)42)34(35,36)37)33(43)38-29(17-24(5)41)25-12-9-13-26(18-25)32-22(3)10-8-11-23(32)4/h8-13,18-21,29-30H,14-17H2,1-7H3,(H,38,43)/t29-,30-/m0/s1. The highest BCUT2D eigenvalue weighted by Crippen LogP contribution is 2.33. The van der Waals surface area contributed by atoms with Crippen LogP contribution in [0.5, 0.6) is 0 Å². The molecule has 232 valence electrons. The van der Waals surface area contributed by atoms with Crippen LogP contribution in [0.15, 0.2) is 59.5 Å². The summed E-state index contributed by atoms with van der Waals surface area (Å²) in [6.07, 6.45) is -3.23. The van der Waals surface area contributed by atoms with E-state index in [4.69, 9.17) is 0 Å². The van der Waals surface area contributed by atoms with Gasteiger partial charge in [-0.25, -0.2) is 0 Å². The van der Waals surface area contributed by atoms with Crippen molar-refractivity contribution in [3.05, 3.63) is 92.9 Å². The van der Waals surface area contributed by atoms with Crippen molar-refractivity contribution in [1.82, 2.24) is 14.8 Å². The smallest absolute Gasteiger partial charge is 0.347 e. The van der Waals surface area contributed by atoms with Crippen molar-refractivity contribution in [2.45, 2.75) is 72.1 Å². The number of ketones is 1. The number of pyridine rings is 1. The zero-order chi connectivity index (χ0) is 32.1. The predicted octanol–water partition coefficient (Wildman–Crippen LogP) is 6.68. The number of likely N-dealkylation sites (N-methyl/N-ethyl adjacent to an activating group) is 1. The molecule has 0 unspecified atom stereocenters. The summed E-state index contributed by atoms with van der Waals surface area (Å²) >= 11 is 0. The number of Topliss-reactive ketones (excluding diaryl/α,β-unsaturated/α-hetero) is 1. The number of nitrogens with zero attached hydrogens (tertiary/aromatic N) is 2. The van der Waals surface area contributed by atoms with Crippen LogP contribution in [0.1, 0.15) is 73.5 Å². The van der Waals surface area contributed by atoms with Crippen molar-refractivity contribution >= 4 is 11.7 Å². The highest BCUT2D eigenvalue weighted by Gasteiger charge is 2.35. The van der Waals surface area contributed by atoms with Gasteiger partial charge in [0.15, 0.2) is 0 Å². The van der Waals surface area contributed by atoms with Crippen molar-refractivity contribution in [3.63, 3.8) is 0 Å². The SMILES string of the molecule is CC(=O)C[C@H](NC(=O)[C@H](CC(C)C)n1cc(CCN(C)C)c(C(F)(F)F)cc1=O)c1cccc(-c2c(C)cccc2C)c1. The maximum Gasteiger partial charge on any atom is 0.416 e. The molecule has 0 fully saturated rings. The third kappa shape index (κ3) is 8.89. The minimum atomic E-state index is -4.71. The second-order valence-corrected chi connectivity index (χ2v) is 12.0. The van der Waals surface area contributed by atoms with Crippen LogP contribution in [0.25, 0.3) is 11.1 Å². The molecule has 2 aromatic carbocycles. The van der Waals surface area contributed by atoms with Gasteiger partial charge in [-0.3, -0.25) is 14.4 Å². The summed E-state index contributed by atoms with van der Waals surface area (Å²) in [6, 6.07) is 12.5. The Kier molecular flexibility index (Phi) is 11.1. The Morgan fingerprint density at radius 2 is 1.63 bits per heavy atom. The van der Waals surface area contributed by atoms with E-state index in [1.54, 1.807) is 19.0 Å². The summed E-state index contributed by atoms with van der Waals surface area (Å²) < 4.78 is 42.7. The molecule has 2 atom stereocenters. The molecule has 1 N–H and O–H groups in total. The number of aryl methyl sites for hydroxylation is 2. The molecule has 0 spiro atoms. The Bertz CT molecular complexity index is 1490. The Labute approximate surface area is 251 Å². The van der Waals surface area contributed by atoms with Crippen LogP contribution in [-0.2, 0) is 22.2 Å². The van der Waals surface area contributed by atoms with Gasteiger partial charge in [0.05, 0.1) is 11.6 Å². The first-order valence-electron chi connectivity index (χ1n) is 14.5. The predicted molar refractivity (Wildman–Crippen MR) is 164 cm³/mol. The van der Waals surface area contributed by atoms with Crippen LogP contribution in [0.2, 0.25) is 0 Å². The third-order valence-electron chi connectivity index (χ3n) is 7.50. The topological polar surface area (TPSA) is 71.4 Å². The van der Waals surface area contributed by atoms with E-state index in [9.17, 15) is 27.6 Å². The van der Waals surface area contributed by atoms with Gasteiger partial charge in [0.25, 0.3) is 5.56 Å². The van der Waals surface area contributed by atoms with E-state index < -0.39 is 35.3 Å². The largest absolute Gasteiger partial charge is 0.416 e. The molecule has 3 aromatic rings. The molecule has 0 radical (unpaired) electrons. The van der Waals surface area contributed by atoms with Gasteiger partial charge in [-0.15, -0.1) is 0 Å². The molecule has 0 aliphatic carbocycles. The van der Waals surface area contributed by atoms with Crippen molar-refractivity contribution < 1.29 is 22.8 Å². The number of hydrogen-bond acceptors (Lipinski definition) is 4. The Balaban J connectivity index is 2.06. The number of carbonyl (C=O) groups excluding carboxylic acids is 2. The zero-order valence-electron chi connectivity index (χ0n) is 26.0. The van der Waals surface area contributed by atoms with Crippen molar-refractivity contribution in [2.75, 3.05) is 20.6 Å². The summed E-state index contributed by atoms with van der Waals surface area (Å²) in [6.45, 7) is 9.58. The minimum absolute atomic E-state index is 0.0202. The first-order chi connectivity index (χ1) is 20.1. The summed E-state index contributed by atoms with van der Waals surface area (Å²) in [7, 11) is 3.51. The number of carbonyl (C=O) groups is 2. The number of benzene rings is 2. The fourth-order valence-corrected chi connectivity index (χ4v) is 5.42. The number of hydrogen-bond donors (Lipinski definition) is 1. The quantitative estimate of drug-likeness (QED) is 0.253. The molecule has 1 amide bonds. The fourth-order valence-electron chi connectivity index (χ4n) is 5.42. The zero-order valence-corrected chi connectivity index (χ0v) is 26.0. The normalized spacial score (nSPS) is 13.3. The van der Waals surface area contributed by atoms with Crippen LogP contribution < -0.4 is 10.9 Å².